The first-order chi connectivity index (χ1) is 18.2. The second-order valence-corrected chi connectivity index (χ2v) is 9.53. The van der Waals surface area contributed by atoms with E-state index in [0.717, 1.165) is 82.0 Å². The van der Waals surface area contributed by atoms with Crippen molar-refractivity contribution in [1.82, 2.24) is 10.2 Å². The minimum absolute atomic E-state index is 0.185. The van der Waals surface area contributed by atoms with Crippen molar-refractivity contribution in [2.24, 2.45) is 0 Å². The predicted octanol–water partition coefficient (Wildman–Crippen LogP) is 3.77. The van der Waals surface area contributed by atoms with Crippen LogP contribution >= 0.6 is 0 Å². The van der Waals surface area contributed by atoms with Gasteiger partial charge in [-0.05, 0) is 67.6 Å². The molecule has 2 aromatic rings. The molecule has 0 aromatic heterocycles. The Kier molecular flexibility index (Phi) is 10.5. The minimum atomic E-state index is -0.382. The molecule has 2 aliphatic heterocycles. The van der Waals surface area contributed by atoms with Gasteiger partial charge >= 0.3 is 5.97 Å². The average Bonchev–Trinajstić information content (AvgIpc) is 2.96. The highest BCUT2D eigenvalue weighted by molar-refractivity contribution is 5.76. The highest BCUT2D eigenvalue weighted by Gasteiger charge is 2.26. The van der Waals surface area contributed by atoms with Crippen molar-refractivity contribution in [1.29, 1.82) is 0 Å². The number of hydrogen-bond donors (Lipinski definition) is 1. The Bertz CT molecular complexity index is 988. The zero-order valence-electron chi connectivity index (χ0n) is 22.1. The van der Waals surface area contributed by atoms with E-state index < -0.39 is 0 Å². The van der Waals surface area contributed by atoms with Crippen LogP contribution < -0.4 is 19.5 Å². The van der Waals surface area contributed by atoms with Crippen LogP contribution in [0.15, 0.2) is 42.5 Å². The van der Waals surface area contributed by atoms with Gasteiger partial charge in [0.2, 0.25) is 0 Å². The maximum Gasteiger partial charge on any atom is 0.323 e. The molecule has 8 nitrogen and oxygen atoms in total. The number of nitrogens with one attached hydrogen (secondary N) is 1. The van der Waals surface area contributed by atoms with Crippen LogP contribution in [0.3, 0.4) is 0 Å². The van der Waals surface area contributed by atoms with Gasteiger partial charge in [-0.1, -0.05) is 24.6 Å². The molecule has 0 bridgehead atoms. The number of methoxy groups -OCH3 is 2. The first-order valence-corrected chi connectivity index (χ1v) is 13.3. The van der Waals surface area contributed by atoms with Gasteiger partial charge in [0.15, 0.2) is 11.5 Å². The molecule has 0 spiro atoms. The third-order valence-electron chi connectivity index (χ3n) is 7.01. The fourth-order valence-corrected chi connectivity index (χ4v) is 4.82. The van der Waals surface area contributed by atoms with E-state index in [-0.39, 0.29) is 18.1 Å². The summed E-state index contributed by atoms with van der Waals surface area (Å²) in [6.07, 6.45) is 3.92. The average molecular weight is 513 g/mol. The normalized spacial score (nSPS) is 19.1. The third kappa shape index (κ3) is 8.09. The molecule has 2 saturated heterocycles. The summed E-state index contributed by atoms with van der Waals surface area (Å²) < 4.78 is 28.4. The lowest BCUT2D eigenvalue weighted by Crippen LogP contribution is -2.41. The number of benzene rings is 2. The van der Waals surface area contributed by atoms with E-state index in [0.29, 0.717) is 24.5 Å². The van der Waals surface area contributed by atoms with Crippen molar-refractivity contribution < 1.29 is 28.5 Å². The van der Waals surface area contributed by atoms with E-state index in [4.69, 9.17) is 23.7 Å². The lowest BCUT2D eigenvalue weighted by atomic mass is 10.00. The van der Waals surface area contributed by atoms with Gasteiger partial charge in [-0.25, -0.2) is 0 Å². The number of aryl methyl sites for hydroxylation is 1. The lowest BCUT2D eigenvalue weighted by molar-refractivity contribution is -0.153. The molecule has 2 atom stereocenters. The minimum Gasteiger partial charge on any atom is -0.493 e. The van der Waals surface area contributed by atoms with Gasteiger partial charge in [-0.3, -0.25) is 9.69 Å². The number of ether oxygens (including phenoxy) is 5. The molecular weight excluding hydrogens is 472 g/mol. The molecule has 2 heterocycles. The predicted molar refractivity (Wildman–Crippen MR) is 142 cm³/mol. The van der Waals surface area contributed by atoms with Crippen molar-refractivity contribution in [3.8, 4) is 17.2 Å². The molecule has 8 heteroatoms. The molecule has 0 aliphatic carbocycles. The van der Waals surface area contributed by atoms with E-state index >= 15 is 0 Å². The molecule has 2 aliphatic rings. The first-order valence-electron chi connectivity index (χ1n) is 13.3. The second-order valence-electron chi connectivity index (χ2n) is 9.53. The molecular formula is C29H40N2O6. The van der Waals surface area contributed by atoms with Gasteiger partial charge in [0.05, 0.1) is 27.4 Å². The SMILES string of the molecule is COc1ccc(CC[C@@H](OC(=O)C2CCCCN2)c2cccc(OCCN3CCOCC3)c2)cc1OC. The van der Waals surface area contributed by atoms with Crippen molar-refractivity contribution >= 4 is 5.97 Å². The van der Waals surface area contributed by atoms with Crippen LogP contribution in [-0.2, 0) is 20.7 Å². The van der Waals surface area contributed by atoms with Crippen molar-refractivity contribution in [3.63, 3.8) is 0 Å². The number of morpholine rings is 1. The Morgan fingerprint density at radius 1 is 1.08 bits per heavy atom. The maximum atomic E-state index is 13.0. The highest BCUT2D eigenvalue weighted by atomic mass is 16.5. The van der Waals surface area contributed by atoms with Gasteiger partial charge in [-0.15, -0.1) is 0 Å². The van der Waals surface area contributed by atoms with E-state index in [2.05, 4.69) is 10.2 Å². The summed E-state index contributed by atoms with van der Waals surface area (Å²) in [6.45, 7) is 5.74. The van der Waals surface area contributed by atoms with Gasteiger partial charge in [0.1, 0.15) is 24.5 Å². The van der Waals surface area contributed by atoms with Crippen LogP contribution in [0.2, 0.25) is 0 Å². The molecule has 4 rings (SSSR count). The Hall–Kier alpha value is -2.81. The Balaban J connectivity index is 1.43. The monoisotopic (exact) mass is 512 g/mol. The van der Waals surface area contributed by atoms with E-state index in [1.54, 1.807) is 14.2 Å². The summed E-state index contributed by atoms with van der Waals surface area (Å²) in [5.74, 6) is 1.99. The van der Waals surface area contributed by atoms with Crippen LogP contribution in [-0.4, -0.2) is 77.1 Å². The topological polar surface area (TPSA) is 78.5 Å². The van der Waals surface area contributed by atoms with Gasteiger partial charge < -0.3 is 29.0 Å². The number of hydrogen-bond acceptors (Lipinski definition) is 8. The first kappa shape index (κ1) is 27.2. The second kappa shape index (κ2) is 14.2. The molecule has 37 heavy (non-hydrogen) atoms. The molecule has 1 unspecified atom stereocenters. The zero-order valence-corrected chi connectivity index (χ0v) is 22.1. The summed E-state index contributed by atoms with van der Waals surface area (Å²) in [6, 6.07) is 13.6. The Morgan fingerprint density at radius 2 is 1.92 bits per heavy atom. The van der Waals surface area contributed by atoms with Gasteiger partial charge in [0.25, 0.3) is 0 Å². The Morgan fingerprint density at radius 3 is 2.68 bits per heavy atom. The summed E-state index contributed by atoms with van der Waals surface area (Å²) in [5, 5.41) is 3.30. The Labute approximate surface area is 220 Å². The quantitative estimate of drug-likeness (QED) is 0.431. The number of carbonyl (C=O) groups excluding carboxylic acids is 1. The molecule has 2 aromatic carbocycles. The van der Waals surface area contributed by atoms with Crippen LogP contribution in [0, 0.1) is 0 Å². The summed E-state index contributed by atoms with van der Waals surface area (Å²) in [5.41, 5.74) is 2.03. The lowest BCUT2D eigenvalue weighted by Gasteiger charge is -2.27. The third-order valence-corrected chi connectivity index (χ3v) is 7.01. The van der Waals surface area contributed by atoms with Crippen LogP contribution in [0.5, 0.6) is 17.2 Å². The van der Waals surface area contributed by atoms with Crippen molar-refractivity contribution in [2.45, 2.75) is 44.2 Å². The van der Waals surface area contributed by atoms with E-state index in [9.17, 15) is 4.79 Å². The maximum absolute atomic E-state index is 13.0. The molecule has 1 N–H and O–H groups in total. The van der Waals surface area contributed by atoms with Crippen LogP contribution in [0.25, 0.3) is 0 Å². The van der Waals surface area contributed by atoms with Crippen molar-refractivity contribution in [2.75, 3.05) is 60.2 Å². The standard InChI is InChI=1S/C29H40N2O6/c1-33-27-12-10-22(20-28(27)34-2)9-11-26(37-29(32)25-8-3-4-13-30-25)23-6-5-7-24(21-23)36-19-16-31-14-17-35-18-15-31/h5-7,10,12,20-21,25-26,30H,3-4,8-9,11,13-19H2,1-2H3/t25?,26-/m1/s1. The number of esters is 1. The fraction of sp³-hybridized carbons (Fsp3) is 0.552. The van der Waals surface area contributed by atoms with E-state index in [1.807, 2.05) is 42.5 Å². The van der Waals surface area contributed by atoms with Gasteiger partial charge in [-0.2, -0.15) is 0 Å². The number of carbonyl (C=O) groups is 1. The zero-order chi connectivity index (χ0) is 25.9. The summed E-state index contributed by atoms with van der Waals surface area (Å²) >= 11 is 0. The smallest absolute Gasteiger partial charge is 0.323 e. The molecule has 0 saturated carbocycles. The highest BCUT2D eigenvalue weighted by Crippen LogP contribution is 2.31. The molecule has 0 amide bonds. The van der Waals surface area contributed by atoms with Gasteiger partial charge in [0, 0.05) is 19.6 Å². The number of piperidine rings is 1. The largest absolute Gasteiger partial charge is 0.493 e. The number of nitrogens with zero attached hydrogens (tertiary/aromatic N) is 1. The summed E-state index contributed by atoms with van der Waals surface area (Å²) in [7, 11) is 3.26. The molecule has 2 fully saturated rings. The molecule has 202 valence electrons. The van der Waals surface area contributed by atoms with E-state index in [1.165, 1.54) is 0 Å². The van der Waals surface area contributed by atoms with Crippen LogP contribution in [0.1, 0.15) is 42.9 Å². The van der Waals surface area contributed by atoms with Crippen LogP contribution in [0.4, 0.5) is 0 Å². The molecule has 0 radical (unpaired) electrons. The number of rotatable bonds is 12. The summed E-state index contributed by atoms with van der Waals surface area (Å²) in [4.78, 5) is 15.4. The van der Waals surface area contributed by atoms with Crippen molar-refractivity contribution in [3.05, 3.63) is 53.6 Å². The fourth-order valence-electron chi connectivity index (χ4n) is 4.82.